The normalized spacial score (nSPS) is 12.5. The second kappa shape index (κ2) is 12.5. The van der Waals surface area contributed by atoms with E-state index in [0.717, 1.165) is 38.4 Å². The van der Waals surface area contributed by atoms with Gasteiger partial charge in [0.1, 0.15) is 18.2 Å². The van der Waals surface area contributed by atoms with Crippen LogP contribution in [0.25, 0.3) is 10.8 Å². The van der Waals surface area contributed by atoms with E-state index in [1.807, 2.05) is 84.9 Å². The Labute approximate surface area is 254 Å². The summed E-state index contributed by atoms with van der Waals surface area (Å²) in [5, 5.41) is 1.55. The number of rotatable bonds is 10. The predicted octanol–water partition coefficient (Wildman–Crippen LogP) is 7.25. The second-order valence-corrected chi connectivity index (χ2v) is 10.6. The maximum atomic E-state index is 15.2. The number of nitrogens with zero attached hydrogens (tertiary/aromatic N) is 1. The summed E-state index contributed by atoms with van der Waals surface area (Å²) in [6.45, 7) is 2.05. The lowest BCUT2D eigenvalue weighted by Crippen LogP contribution is -2.29. The van der Waals surface area contributed by atoms with E-state index in [1.54, 1.807) is 6.92 Å². The molecule has 2 amide bonds. The maximum Gasteiger partial charge on any atom is 0.310 e. The van der Waals surface area contributed by atoms with Crippen molar-refractivity contribution in [3.05, 3.63) is 142 Å². The first-order chi connectivity index (χ1) is 21.5. The minimum Gasteiger partial charge on any atom is -0.487 e. The van der Waals surface area contributed by atoms with Gasteiger partial charge in [0.15, 0.2) is 0 Å². The number of halogens is 1. The fourth-order valence-corrected chi connectivity index (χ4v) is 5.71. The van der Waals surface area contributed by atoms with Gasteiger partial charge in [-0.1, -0.05) is 91.0 Å². The fourth-order valence-electron chi connectivity index (χ4n) is 5.71. The Morgan fingerprint density at radius 1 is 0.750 bits per heavy atom. The summed E-state index contributed by atoms with van der Waals surface area (Å²) in [5.41, 5.74) is 3.38. The number of anilines is 1. The van der Waals surface area contributed by atoms with E-state index in [2.05, 4.69) is 0 Å². The van der Waals surface area contributed by atoms with E-state index in [1.165, 1.54) is 12.1 Å². The third kappa shape index (κ3) is 5.56. The van der Waals surface area contributed by atoms with Gasteiger partial charge in [-0.15, -0.1) is 0 Å². The Morgan fingerprint density at radius 2 is 1.39 bits per heavy atom. The van der Waals surface area contributed by atoms with Gasteiger partial charge < -0.3 is 9.47 Å². The zero-order chi connectivity index (χ0) is 30.6. The molecule has 6 nitrogen and oxygen atoms in total. The topological polar surface area (TPSA) is 72.9 Å². The first-order valence-electron chi connectivity index (χ1n) is 14.6. The van der Waals surface area contributed by atoms with E-state index >= 15 is 4.39 Å². The van der Waals surface area contributed by atoms with Crippen LogP contribution in [-0.4, -0.2) is 24.4 Å². The molecule has 0 atom stereocenters. The number of aryl methyl sites for hydroxylation is 2. The number of ether oxygens (including phenoxy) is 2. The molecule has 1 aliphatic rings. The van der Waals surface area contributed by atoms with Crippen LogP contribution >= 0.6 is 0 Å². The summed E-state index contributed by atoms with van der Waals surface area (Å²) in [4.78, 5) is 41.4. The summed E-state index contributed by atoms with van der Waals surface area (Å²) in [5.74, 6) is -2.07. The molecule has 0 fully saturated rings. The van der Waals surface area contributed by atoms with Crippen molar-refractivity contribution in [2.24, 2.45) is 0 Å². The summed E-state index contributed by atoms with van der Waals surface area (Å²) < 4.78 is 26.5. The van der Waals surface area contributed by atoms with Crippen LogP contribution in [0.3, 0.4) is 0 Å². The molecule has 6 rings (SSSR count). The molecular weight excluding hydrogens is 557 g/mol. The molecule has 44 heavy (non-hydrogen) atoms. The standard InChI is InChI=1S/C37H30FNO5/c1-2-43-32(40)21-26-18-19-27(22-31(26)38)39-36(41)33-29(20-17-24-11-5-3-6-12-24)28-15-9-10-16-30(28)35(34(33)37(39)42)44-23-25-13-7-4-8-14-25/h3-16,18-19,22H,2,17,20-21,23H2,1H3. The molecule has 220 valence electrons. The van der Waals surface area contributed by atoms with E-state index in [4.69, 9.17) is 9.47 Å². The monoisotopic (exact) mass is 587 g/mol. The number of hydrogen-bond acceptors (Lipinski definition) is 5. The Balaban J connectivity index is 1.46. The molecule has 0 aromatic heterocycles. The first-order valence-corrected chi connectivity index (χ1v) is 14.6. The number of benzene rings is 5. The summed E-state index contributed by atoms with van der Waals surface area (Å²) in [7, 11) is 0. The van der Waals surface area contributed by atoms with Gasteiger partial charge in [-0.2, -0.15) is 0 Å². The van der Waals surface area contributed by atoms with Crippen molar-refractivity contribution in [2.75, 3.05) is 11.5 Å². The van der Waals surface area contributed by atoms with Crippen molar-refractivity contribution in [2.45, 2.75) is 32.8 Å². The molecular formula is C37H30FNO5. The highest BCUT2D eigenvalue weighted by atomic mass is 19.1. The molecule has 5 aromatic carbocycles. The van der Waals surface area contributed by atoms with Crippen LogP contribution in [0.2, 0.25) is 0 Å². The van der Waals surface area contributed by atoms with Gasteiger partial charge in [-0.25, -0.2) is 9.29 Å². The molecule has 0 N–H and O–H groups in total. The van der Waals surface area contributed by atoms with E-state index < -0.39 is 23.6 Å². The largest absolute Gasteiger partial charge is 0.487 e. The molecule has 0 unspecified atom stereocenters. The van der Waals surface area contributed by atoms with Crippen LogP contribution in [0.5, 0.6) is 5.75 Å². The maximum absolute atomic E-state index is 15.2. The molecule has 0 saturated heterocycles. The highest BCUT2D eigenvalue weighted by molar-refractivity contribution is 6.37. The molecule has 0 radical (unpaired) electrons. The highest BCUT2D eigenvalue weighted by Gasteiger charge is 2.42. The SMILES string of the molecule is CCOC(=O)Cc1ccc(N2C(=O)c3c(c(OCc4ccccc4)c4ccccc4c3CCc3ccccc3)C2=O)cc1F. The van der Waals surface area contributed by atoms with Crippen LogP contribution in [0.4, 0.5) is 10.1 Å². The van der Waals surface area contributed by atoms with Gasteiger partial charge in [-0.05, 0) is 59.5 Å². The van der Waals surface area contributed by atoms with Crippen molar-refractivity contribution in [3.8, 4) is 5.75 Å². The average Bonchev–Trinajstić information content (AvgIpc) is 3.30. The number of carbonyl (C=O) groups is 3. The number of fused-ring (bicyclic) bond motifs is 2. The minimum absolute atomic E-state index is 0.0772. The zero-order valence-corrected chi connectivity index (χ0v) is 24.2. The third-order valence-electron chi connectivity index (χ3n) is 7.78. The number of carbonyl (C=O) groups excluding carboxylic acids is 3. The van der Waals surface area contributed by atoms with Crippen molar-refractivity contribution in [3.63, 3.8) is 0 Å². The lowest BCUT2D eigenvalue weighted by atomic mass is 9.90. The van der Waals surface area contributed by atoms with Crippen molar-refractivity contribution in [1.29, 1.82) is 0 Å². The Hall–Kier alpha value is -5.30. The molecule has 0 saturated carbocycles. The van der Waals surface area contributed by atoms with Crippen LogP contribution in [0.1, 0.15) is 49.9 Å². The molecule has 1 heterocycles. The molecule has 0 aliphatic carbocycles. The Bertz CT molecular complexity index is 1770. The van der Waals surface area contributed by atoms with Crippen molar-refractivity contribution in [1.82, 2.24) is 0 Å². The first kappa shape index (κ1) is 28.8. The fraction of sp³-hybridized carbons (Fsp3) is 0.162. The molecule has 0 bridgehead atoms. The van der Waals surface area contributed by atoms with Crippen LogP contribution in [-0.2, 0) is 35.4 Å². The molecule has 0 spiro atoms. The second-order valence-electron chi connectivity index (χ2n) is 10.6. The molecule has 1 aliphatic heterocycles. The molecule has 7 heteroatoms. The highest BCUT2D eigenvalue weighted by Crippen LogP contribution is 2.43. The number of amides is 2. The lowest BCUT2D eigenvalue weighted by Gasteiger charge is -2.17. The summed E-state index contributed by atoms with van der Waals surface area (Å²) in [6, 6.07) is 31.1. The Kier molecular flexibility index (Phi) is 8.19. The van der Waals surface area contributed by atoms with Gasteiger partial charge in [0.2, 0.25) is 0 Å². The van der Waals surface area contributed by atoms with Crippen LogP contribution in [0, 0.1) is 5.82 Å². The number of imide groups is 1. The molecule has 5 aromatic rings. The van der Waals surface area contributed by atoms with Gasteiger partial charge in [0.25, 0.3) is 11.8 Å². The lowest BCUT2D eigenvalue weighted by molar-refractivity contribution is -0.142. The van der Waals surface area contributed by atoms with Gasteiger partial charge >= 0.3 is 5.97 Å². The van der Waals surface area contributed by atoms with Crippen molar-refractivity contribution < 1.29 is 28.2 Å². The van der Waals surface area contributed by atoms with Gasteiger partial charge in [0, 0.05) is 5.39 Å². The minimum atomic E-state index is -0.706. The number of hydrogen-bond donors (Lipinski definition) is 0. The quantitative estimate of drug-likeness (QED) is 0.127. The van der Waals surface area contributed by atoms with Crippen LogP contribution < -0.4 is 9.64 Å². The Morgan fingerprint density at radius 3 is 2.07 bits per heavy atom. The smallest absolute Gasteiger partial charge is 0.310 e. The van der Waals surface area contributed by atoms with E-state index in [0.29, 0.717) is 18.6 Å². The van der Waals surface area contributed by atoms with Crippen molar-refractivity contribution >= 4 is 34.2 Å². The summed E-state index contributed by atoms with van der Waals surface area (Å²) >= 11 is 0. The predicted molar refractivity (Wildman–Crippen MR) is 166 cm³/mol. The average molecular weight is 588 g/mol. The van der Waals surface area contributed by atoms with Gasteiger partial charge in [-0.3, -0.25) is 14.4 Å². The number of esters is 1. The zero-order valence-electron chi connectivity index (χ0n) is 24.2. The van der Waals surface area contributed by atoms with E-state index in [9.17, 15) is 14.4 Å². The van der Waals surface area contributed by atoms with Crippen LogP contribution in [0.15, 0.2) is 103 Å². The summed E-state index contributed by atoms with van der Waals surface area (Å²) in [6.07, 6.45) is 0.903. The third-order valence-corrected chi connectivity index (χ3v) is 7.78. The van der Waals surface area contributed by atoms with Gasteiger partial charge in [0.05, 0.1) is 29.8 Å². The van der Waals surface area contributed by atoms with E-state index in [-0.39, 0.29) is 42.0 Å².